The van der Waals surface area contributed by atoms with Crippen LogP contribution in [0.3, 0.4) is 0 Å². The molecule has 0 aliphatic heterocycles. The monoisotopic (exact) mass is 547 g/mol. The minimum atomic E-state index is -4.25. The summed E-state index contributed by atoms with van der Waals surface area (Å²) in [6.07, 6.45) is 1.03. The molecule has 0 aliphatic carbocycles. The maximum absolute atomic E-state index is 13.4. The SMILES string of the molecule is COc1ncc(-c2ccc3ncn(C[C@H](O)C(N)=O)c(=O)c3c2)cc1NS(=O)(=O)c1ccc(F)cc1Cl. The van der Waals surface area contributed by atoms with Gasteiger partial charge in [0.2, 0.25) is 11.8 Å². The van der Waals surface area contributed by atoms with Crippen molar-refractivity contribution in [3.63, 3.8) is 0 Å². The summed E-state index contributed by atoms with van der Waals surface area (Å²) in [5.41, 5.74) is 5.75. The summed E-state index contributed by atoms with van der Waals surface area (Å²) in [6.45, 7) is -0.372. The number of fused-ring (bicyclic) bond motifs is 1. The first kappa shape index (κ1) is 26.0. The molecular formula is C23H19ClFN5O6S. The lowest BCUT2D eigenvalue weighted by atomic mass is 10.1. The Labute approximate surface area is 214 Å². The normalized spacial score (nSPS) is 12.3. The number of carbonyl (C=O) groups excluding carboxylic acids is 1. The van der Waals surface area contributed by atoms with E-state index in [-0.39, 0.29) is 33.4 Å². The molecule has 0 bridgehead atoms. The molecule has 14 heteroatoms. The standard InChI is InChI=1S/C23H19ClFN5O6S/c1-36-22-18(29-37(34,35)20-5-3-14(25)8-16(20)24)7-13(9-27-22)12-2-4-17-15(6-12)23(33)30(11-28-17)10-19(31)21(26)32/h2-9,11,19,29,31H,10H2,1H3,(H2,26,32)/t19-/m0/s1. The van der Waals surface area contributed by atoms with Gasteiger partial charge in [-0.05, 0) is 42.0 Å². The molecule has 37 heavy (non-hydrogen) atoms. The summed E-state index contributed by atoms with van der Waals surface area (Å²) in [4.78, 5) is 32.1. The summed E-state index contributed by atoms with van der Waals surface area (Å²) < 4.78 is 47.8. The number of methoxy groups -OCH3 is 1. The molecule has 192 valence electrons. The van der Waals surface area contributed by atoms with E-state index in [1.54, 1.807) is 12.1 Å². The number of halogens is 2. The Morgan fingerprint density at radius 3 is 2.65 bits per heavy atom. The molecule has 0 spiro atoms. The molecule has 0 aliphatic rings. The zero-order valence-electron chi connectivity index (χ0n) is 19.1. The third-order valence-corrected chi connectivity index (χ3v) is 7.18. The summed E-state index contributed by atoms with van der Waals surface area (Å²) in [5.74, 6) is -1.73. The van der Waals surface area contributed by atoms with Crippen molar-refractivity contribution in [2.75, 3.05) is 11.8 Å². The molecule has 2 heterocycles. The van der Waals surface area contributed by atoms with Gasteiger partial charge in [0.15, 0.2) is 0 Å². The predicted molar refractivity (Wildman–Crippen MR) is 133 cm³/mol. The second kappa shape index (κ2) is 10.1. The fourth-order valence-electron chi connectivity index (χ4n) is 3.48. The number of amides is 1. The third kappa shape index (κ3) is 5.38. The Kier molecular flexibility index (Phi) is 7.12. The maximum atomic E-state index is 13.4. The van der Waals surface area contributed by atoms with E-state index in [0.29, 0.717) is 16.6 Å². The molecule has 0 saturated heterocycles. The molecule has 1 amide bonds. The Morgan fingerprint density at radius 1 is 1.22 bits per heavy atom. The van der Waals surface area contributed by atoms with Gasteiger partial charge < -0.3 is 15.6 Å². The summed E-state index contributed by atoms with van der Waals surface area (Å²) in [6, 6.07) is 9.04. The van der Waals surface area contributed by atoms with Gasteiger partial charge in [-0.2, -0.15) is 0 Å². The van der Waals surface area contributed by atoms with Crippen molar-refractivity contribution >= 4 is 44.1 Å². The molecule has 0 saturated carbocycles. The number of carbonyl (C=O) groups is 1. The second-order valence-electron chi connectivity index (χ2n) is 7.81. The quantitative estimate of drug-likeness (QED) is 0.301. The average molecular weight is 548 g/mol. The number of nitrogens with two attached hydrogens (primary N) is 1. The van der Waals surface area contributed by atoms with Crippen LogP contribution in [0.4, 0.5) is 10.1 Å². The van der Waals surface area contributed by atoms with E-state index in [1.807, 2.05) is 0 Å². The van der Waals surface area contributed by atoms with Gasteiger partial charge in [-0.3, -0.25) is 18.9 Å². The van der Waals surface area contributed by atoms with E-state index < -0.39 is 33.4 Å². The molecule has 4 aromatic rings. The van der Waals surface area contributed by atoms with Gasteiger partial charge >= 0.3 is 0 Å². The molecular weight excluding hydrogens is 529 g/mol. The number of primary amides is 1. The number of sulfonamides is 1. The Balaban J connectivity index is 1.75. The van der Waals surface area contributed by atoms with Gasteiger partial charge in [-0.25, -0.2) is 22.8 Å². The summed E-state index contributed by atoms with van der Waals surface area (Å²) >= 11 is 5.93. The number of hydrogen-bond acceptors (Lipinski definition) is 8. The minimum absolute atomic E-state index is 0.0336. The van der Waals surface area contributed by atoms with E-state index in [2.05, 4.69) is 14.7 Å². The predicted octanol–water partition coefficient (Wildman–Crippen LogP) is 1.91. The van der Waals surface area contributed by atoms with Gasteiger partial charge in [-0.1, -0.05) is 17.7 Å². The first-order valence-corrected chi connectivity index (χ1v) is 12.3. The van der Waals surface area contributed by atoms with Crippen molar-refractivity contribution in [2.24, 2.45) is 5.73 Å². The molecule has 1 atom stereocenters. The highest BCUT2D eigenvalue weighted by atomic mass is 35.5. The van der Waals surface area contributed by atoms with E-state index in [9.17, 15) is 27.5 Å². The van der Waals surface area contributed by atoms with Crippen LogP contribution in [0.1, 0.15) is 0 Å². The molecule has 0 unspecified atom stereocenters. The highest BCUT2D eigenvalue weighted by molar-refractivity contribution is 7.92. The highest BCUT2D eigenvalue weighted by Gasteiger charge is 2.22. The number of rotatable bonds is 8. The van der Waals surface area contributed by atoms with Gasteiger partial charge in [0.25, 0.3) is 15.6 Å². The van der Waals surface area contributed by atoms with Crippen molar-refractivity contribution in [3.8, 4) is 17.0 Å². The van der Waals surface area contributed by atoms with E-state index in [4.69, 9.17) is 22.1 Å². The number of hydrogen-bond donors (Lipinski definition) is 3. The van der Waals surface area contributed by atoms with Gasteiger partial charge in [-0.15, -0.1) is 0 Å². The molecule has 2 aromatic heterocycles. The average Bonchev–Trinajstić information content (AvgIpc) is 2.85. The zero-order valence-corrected chi connectivity index (χ0v) is 20.6. The molecule has 4 N–H and O–H groups in total. The van der Waals surface area contributed by atoms with E-state index >= 15 is 0 Å². The number of nitrogens with one attached hydrogen (secondary N) is 1. The largest absolute Gasteiger partial charge is 0.480 e. The van der Waals surface area contributed by atoms with Gasteiger partial charge in [0.1, 0.15) is 22.5 Å². The third-order valence-electron chi connectivity index (χ3n) is 5.33. The van der Waals surface area contributed by atoms with Crippen LogP contribution in [0.5, 0.6) is 5.88 Å². The lowest BCUT2D eigenvalue weighted by Gasteiger charge is -2.14. The Hall–Kier alpha value is -4.07. The van der Waals surface area contributed by atoms with Crippen LogP contribution in [0, 0.1) is 5.82 Å². The maximum Gasteiger partial charge on any atom is 0.263 e. The molecule has 2 aromatic carbocycles. The van der Waals surface area contributed by atoms with Crippen LogP contribution in [-0.2, 0) is 21.4 Å². The van der Waals surface area contributed by atoms with E-state index in [1.165, 1.54) is 31.8 Å². The zero-order chi connectivity index (χ0) is 26.9. The first-order valence-electron chi connectivity index (χ1n) is 10.5. The summed E-state index contributed by atoms with van der Waals surface area (Å²) in [7, 11) is -2.95. The molecule has 0 radical (unpaired) electrons. The number of ether oxygens (including phenoxy) is 1. The summed E-state index contributed by atoms with van der Waals surface area (Å²) in [5, 5.41) is 9.59. The second-order valence-corrected chi connectivity index (χ2v) is 9.87. The van der Waals surface area contributed by atoms with Crippen LogP contribution in [0.2, 0.25) is 5.02 Å². The van der Waals surface area contributed by atoms with Crippen LogP contribution in [0.15, 0.2) is 64.7 Å². The number of aliphatic hydroxyl groups excluding tert-OH is 1. The number of benzene rings is 2. The lowest BCUT2D eigenvalue weighted by Crippen LogP contribution is -2.35. The fraction of sp³-hybridized carbons (Fsp3) is 0.130. The number of aromatic nitrogens is 3. The molecule has 11 nitrogen and oxygen atoms in total. The van der Waals surface area contributed by atoms with Crippen LogP contribution < -0.4 is 20.8 Å². The minimum Gasteiger partial charge on any atom is -0.480 e. The molecule has 4 rings (SSSR count). The van der Waals surface area contributed by atoms with E-state index in [0.717, 1.165) is 22.8 Å². The van der Waals surface area contributed by atoms with Crippen LogP contribution in [-0.4, -0.2) is 47.2 Å². The van der Waals surface area contributed by atoms with Crippen molar-refractivity contribution in [3.05, 3.63) is 76.2 Å². The Morgan fingerprint density at radius 2 is 1.97 bits per heavy atom. The van der Waals surface area contributed by atoms with Crippen molar-refractivity contribution < 1.29 is 27.4 Å². The fourth-order valence-corrected chi connectivity index (χ4v) is 5.06. The van der Waals surface area contributed by atoms with Crippen molar-refractivity contribution in [2.45, 2.75) is 17.5 Å². The molecule has 0 fully saturated rings. The Bertz CT molecular complexity index is 1700. The topological polar surface area (TPSA) is 166 Å². The van der Waals surface area contributed by atoms with Crippen molar-refractivity contribution in [1.29, 1.82) is 0 Å². The van der Waals surface area contributed by atoms with Crippen molar-refractivity contribution in [1.82, 2.24) is 14.5 Å². The van der Waals surface area contributed by atoms with Gasteiger partial charge in [0.05, 0.1) is 35.9 Å². The highest BCUT2D eigenvalue weighted by Crippen LogP contribution is 2.32. The number of aliphatic hydroxyl groups is 1. The smallest absolute Gasteiger partial charge is 0.263 e. The number of nitrogens with zero attached hydrogens (tertiary/aromatic N) is 3. The number of anilines is 1. The lowest BCUT2D eigenvalue weighted by molar-refractivity contribution is -0.126. The first-order chi connectivity index (χ1) is 17.5. The van der Waals surface area contributed by atoms with Crippen LogP contribution in [0.25, 0.3) is 22.0 Å². The van der Waals surface area contributed by atoms with Crippen LogP contribution >= 0.6 is 11.6 Å². The van der Waals surface area contributed by atoms with Gasteiger partial charge in [0, 0.05) is 11.8 Å². The number of pyridine rings is 1.